The van der Waals surface area contributed by atoms with Crippen LogP contribution in [0.15, 0.2) is 18.2 Å². The second kappa shape index (κ2) is 5.60. The summed E-state index contributed by atoms with van der Waals surface area (Å²) in [7, 11) is 1.44. The molecule has 0 amide bonds. The standard InChI is InChI=1S/C16H17ClO4/c1-16(2)8-7-10(18)12(15(16)20)14(19)9-5-4-6-11(21-3)13(9)17/h4-6,12H,7-8H2,1-3H3. The van der Waals surface area contributed by atoms with Crippen LogP contribution in [0.2, 0.25) is 5.02 Å². The quantitative estimate of drug-likeness (QED) is 0.636. The van der Waals surface area contributed by atoms with Crippen molar-refractivity contribution in [2.24, 2.45) is 11.3 Å². The van der Waals surface area contributed by atoms with Crippen LogP contribution in [0.3, 0.4) is 0 Å². The lowest BCUT2D eigenvalue weighted by molar-refractivity contribution is -0.140. The summed E-state index contributed by atoms with van der Waals surface area (Å²) in [4.78, 5) is 37.1. The van der Waals surface area contributed by atoms with Gasteiger partial charge in [0.25, 0.3) is 0 Å². The van der Waals surface area contributed by atoms with Gasteiger partial charge in [-0.25, -0.2) is 0 Å². The molecule has 0 bridgehead atoms. The van der Waals surface area contributed by atoms with Crippen molar-refractivity contribution in [3.63, 3.8) is 0 Å². The average Bonchev–Trinajstić information content (AvgIpc) is 2.44. The smallest absolute Gasteiger partial charge is 0.182 e. The zero-order valence-corrected chi connectivity index (χ0v) is 13.0. The largest absolute Gasteiger partial charge is 0.495 e. The molecule has 0 radical (unpaired) electrons. The predicted octanol–water partition coefficient (Wildman–Crippen LogP) is 3.11. The number of carbonyl (C=O) groups is 3. The van der Waals surface area contributed by atoms with Crippen LogP contribution in [-0.4, -0.2) is 24.5 Å². The lowest BCUT2D eigenvalue weighted by Gasteiger charge is -2.32. The first-order valence-electron chi connectivity index (χ1n) is 6.73. The van der Waals surface area contributed by atoms with Crippen LogP contribution >= 0.6 is 11.6 Å². The molecule has 0 aromatic heterocycles. The Morgan fingerprint density at radius 1 is 1.33 bits per heavy atom. The van der Waals surface area contributed by atoms with Crippen LogP contribution in [0.5, 0.6) is 5.75 Å². The van der Waals surface area contributed by atoms with Crippen LogP contribution < -0.4 is 4.74 Å². The number of methoxy groups -OCH3 is 1. The van der Waals surface area contributed by atoms with Gasteiger partial charge < -0.3 is 4.74 Å². The molecule has 0 saturated heterocycles. The number of halogens is 1. The molecule has 1 atom stereocenters. The molecule has 1 saturated carbocycles. The van der Waals surface area contributed by atoms with Crippen LogP contribution in [-0.2, 0) is 9.59 Å². The monoisotopic (exact) mass is 308 g/mol. The molecule has 1 aliphatic rings. The molecule has 1 aromatic carbocycles. The maximum atomic E-state index is 12.6. The van der Waals surface area contributed by atoms with Gasteiger partial charge in [0.1, 0.15) is 11.7 Å². The summed E-state index contributed by atoms with van der Waals surface area (Å²) in [6.45, 7) is 3.52. The minimum absolute atomic E-state index is 0.133. The molecule has 5 heteroatoms. The summed E-state index contributed by atoms with van der Waals surface area (Å²) in [6.07, 6.45) is 0.705. The number of carbonyl (C=O) groups excluding carboxylic acids is 3. The highest BCUT2D eigenvalue weighted by molar-refractivity contribution is 6.37. The molecule has 1 unspecified atom stereocenters. The molecule has 0 spiro atoms. The topological polar surface area (TPSA) is 60.4 Å². The zero-order valence-electron chi connectivity index (χ0n) is 12.2. The van der Waals surface area contributed by atoms with Gasteiger partial charge in [0.2, 0.25) is 0 Å². The summed E-state index contributed by atoms with van der Waals surface area (Å²) in [5.41, 5.74) is -0.514. The molecule has 112 valence electrons. The van der Waals surface area contributed by atoms with Crippen LogP contribution in [0, 0.1) is 11.3 Å². The number of benzene rings is 1. The zero-order chi connectivity index (χ0) is 15.8. The molecule has 0 aliphatic heterocycles. The Bertz CT molecular complexity index is 619. The van der Waals surface area contributed by atoms with Crippen molar-refractivity contribution in [2.75, 3.05) is 7.11 Å². The molecule has 4 nitrogen and oxygen atoms in total. The van der Waals surface area contributed by atoms with Crippen molar-refractivity contribution in [2.45, 2.75) is 26.7 Å². The van der Waals surface area contributed by atoms with Gasteiger partial charge in [-0.1, -0.05) is 31.5 Å². The fourth-order valence-corrected chi connectivity index (χ4v) is 2.82. The van der Waals surface area contributed by atoms with E-state index in [1.165, 1.54) is 13.2 Å². The molecule has 0 heterocycles. The van der Waals surface area contributed by atoms with Crippen LogP contribution in [0.25, 0.3) is 0 Å². The first-order valence-corrected chi connectivity index (χ1v) is 7.11. The van der Waals surface area contributed by atoms with Crippen molar-refractivity contribution in [3.05, 3.63) is 28.8 Å². The number of ether oxygens (including phenoxy) is 1. The van der Waals surface area contributed by atoms with Gasteiger partial charge in [-0.2, -0.15) is 0 Å². The minimum atomic E-state index is -1.25. The SMILES string of the molecule is COc1cccc(C(=O)C2C(=O)CCC(C)(C)C2=O)c1Cl. The summed E-state index contributed by atoms with van der Waals surface area (Å²) in [5, 5.41) is 0.133. The van der Waals surface area contributed by atoms with Crippen molar-refractivity contribution < 1.29 is 19.1 Å². The third-order valence-corrected chi connectivity index (χ3v) is 4.35. The van der Waals surface area contributed by atoms with E-state index in [0.717, 1.165) is 0 Å². The lowest BCUT2D eigenvalue weighted by atomic mass is 9.68. The van der Waals surface area contributed by atoms with Crippen LogP contribution in [0.1, 0.15) is 37.0 Å². The van der Waals surface area contributed by atoms with Gasteiger partial charge >= 0.3 is 0 Å². The summed E-state index contributed by atoms with van der Waals surface area (Å²) in [5.74, 6) is -2.11. The van der Waals surface area contributed by atoms with Crippen molar-refractivity contribution in [3.8, 4) is 5.75 Å². The number of rotatable bonds is 3. The fourth-order valence-electron chi connectivity index (χ4n) is 2.52. The van der Waals surface area contributed by atoms with E-state index >= 15 is 0 Å². The molecular weight excluding hydrogens is 292 g/mol. The molecule has 0 N–H and O–H groups in total. The van der Waals surface area contributed by atoms with Crippen LogP contribution in [0.4, 0.5) is 0 Å². The molecule has 2 rings (SSSR count). The van der Waals surface area contributed by atoms with E-state index in [1.54, 1.807) is 26.0 Å². The third kappa shape index (κ3) is 2.72. The summed E-state index contributed by atoms with van der Waals surface area (Å²) < 4.78 is 5.06. The first-order chi connectivity index (χ1) is 9.79. The number of hydrogen-bond donors (Lipinski definition) is 0. The number of hydrogen-bond acceptors (Lipinski definition) is 4. The van der Waals surface area contributed by atoms with E-state index in [0.29, 0.717) is 12.2 Å². The summed E-state index contributed by atoms with van der Waals surface area (Å²) >= 11 is 6.12. The average molecular weight is 309 g/mol. The van der Waals surface area contributed by atoms with Gasteiger partial charge in [-0.05, 0) is 18.6 Å². The molecule has 1 fully saturated rings. The van der Waals surface area contributed by atoms with Gasteiger partial charge in [-0.15, -0.1) is 0 Å². The van der Waals surface area contributed by atoms with E-state index in [4.69, 9.17) is 16.3 Å². The summed E-state index contributed by atoms with van der Waals surface area (Å²) in [6, 6.07) is 4.74. The lowest BCUT2D eigenvalue weighted by Crippen LogP contribution is -2.44. The highest BCUT2D eigenvalue weighted by atomic mass is 35.5. The molecule has 1 aromatic rings. The Morgan fingerprint density at radius 3 is 2.62 bits per heavy atom. The molecular formula is C16H17ClO4. The van der Waals surface area contributed by atoms with E-state index in [2.05, 4.69) is 0 Å². The second-order valence-electron chi connectivity index (χ2n) is 5.83. The van der Waals surface area contributed by atoms with Crippen molar-refractivity contribution >= 4 is 29.0 Å². The normalized spacial score (nSPS) is 21.2. The Hall–Kier alpha value is -1.68. The van der Waals surface area contributed by atoms with Gasteiger partial charge in [0.05, 0.1) is 12.1 Å². The highest BCUT2D eigenvalue weighted by Gasteiger charge is 2.46. The van der Waals surface area contributed by atoms with Crippen molar-refractivity contribution in [1.29, 1.82) is 0 Å². The maximum absolute atomic E-state index is 12.6. The van der Waals surface area contributed by atoms with E-state index in [-0.39, 0.29) is 28.6 Å². The molecule has 21 heavy (non-hydrogen) atoms. The van der Waals surface area contributed by atoms with E-state index < -0.39 is 17.1 Å². The Morgan fingerprint density at radius 2 is 2.00 bits per heavy atom. The van der Waals surface area contributed by atoms with Crippen molar-refractivity contribution in [1.82, 2.24) is 0 Å². The van der Waals surface area contributed by atoms with Gasteiger partial charge in [0.15, 0.2) is 17.3 Å². The first kappa shape index (κ1) is 15.7. The minimum Gasteiger partial charge on any atom is -0.495 e. The number of Topliss-reactive ketones (excluding diaryl/α,β-unsaturated/α-hetero) is 3. The highest BCUT2D eigenvalue weighted by Crippen LogP contribution is 2.37. The number of ketones is 3. The fraction of sp³-hybridized carbons (Fsp3) is 0.438. The predicted molar refractivity (Wildman–Crippen MR) is 78.9 cm³/mol. The third-order valence-electron chi connectivity index (χ3n) is 3.96. The molecule has 1 aliphatic carbocycles. The Kier molecular flexibility index (Phi) is 4.19. The van der Waals surface area contributed by atoms with Gasteiger partial charge in [-0.3, -0.25) is 14.4 Å². The maximum Gasteiger partial charge on any atom is 0.182 e. The Labute approximate surface area is 128 Å². The Balaban J connectivity index is 2.44. The second-order valence-corrected chi connectivity index (χ2v) is 6.21. The van der Waals surface area contributed by atoms with E-state index in [9.17, 15) is 14.4 Å². The van der Waals surface area contributed by atoms with Gasteiger partial charge in [0, 0.05) is 17.4 Å². The van der Waals surface area contributed by atoms with E-state index in [1.807, 2.05) is 0 Å².